The normalized spacial score (nSPS) is 14.9. The molecule has 0 atom stereocenters. The number of hydrogen-bond acceptors (Lipinski definition) is 8. The number of nitro groups is 2. The van der Waals surface area contributed by atoms with Crippen LogP contribution in [0.5, 0.6) is 0 Å². The molecule has 2 heterocycles. The smallest absolute Gasteiger partial charge is 0.268 e. The predicted octanol–water partition coefficient (Wildman–Crippen LogP) is 7.47. The van der Waals surface area contributed by atoms with Gasteiger partial charge in [0.15, 0.2) is 0 Å². The third-order valence-electron chi connectivity index (χ3n) is 10.2. The monoisotopic (exact) mass is 698 g/mol. The van der Waals surface area contributed by atoms with Crippen molar-refractivity contribution in [2.75, 3.05) is 9.80 Å². The van der Waals surface area contributed by atoms with Crippen LogP contribution in [0.3, 0.4) is 0 Å². The molecule has 6 aromatic rings. The topological polar surface area (TPSA) is 161 Å². The van der Waals surface area contributed by atoms with Crippen LogP contribution in [0.25, 0.3) is 11.1 Å². The van der Waals surface area contributed by atoms with E-state index in [9.17, 15) is 39.4 Å². The number of fused-ring (bicyclic) bond motifs is 5. The van der Waals surface area contributed by atoms with E-state index in [1.54, 1.807) is 24.3 Å². The van der Waals surface area contributed by atoms with E-state index in [4.69, 9.17) is 0 Å². The number of nitro benzene ring substituents is 2. The van der Waals surface area contributed by atoms with Crippen molar-refractivity contribution >= 4 is 46.4 Å². The zero-order valence-electron chi connectivity index (χ0n) is 27.3. The molecule has 0 fully saturated rings. The van der Waals surface area contributed by atoms with Crippen molar-refractivity contribution in [1.29, 1.82) is 0 Å². The Morgan fingerprint density at radius 2 is 0.774 bits per heavy atom. The van der Waals surface area contributed by atoms with E-state index in [0.717, 1.165) is 55.3 Å². The van der Waals surface area contributed by atoms with Crippen molar-refractivity contribution in [2.45, 2.75) is 5.41 Å². The van der Waals surface area contributed by atoms with Gasteiger partial charge in [0.25, 0.3) is 35.0 Å². The molecule has 6 aromatic carbocycles. The molecule has 2 aliphatic heterocycles. The number of imide groups is 2. The van der Waals surface area contributed by atoms with Crippen molar-refractivity contribution in [1.82, 2.24) is 0 Å². The molecule has 0 saturated carbocycles. The number of amides is 4. The second kappa shape index (κ2) is 11.2. The first kappa shape index (κ1) is 31.4. The van der Waals surface area contributed by atoms with Crippen molar-refractivity contribution in [3.05, 3.63) is 198 Å². The SMILES string of the molecule is O=C1c2ccc([N+](=O)[O-])cc2C(=O)N1c1ccc(C2(c3ccc(N4C(=O)c5ccc([N+](=O)[O-])cc5C4=O)cc3)c3ccccc3-c3ccccc32)cc1. The second-order valence-corrected chi connectivity index (χ2v) is 12.8. The van der Waals surface area contributed by atoms with Crippen LogP contribution in [-0.4, -0.2) is 33.5 Å². The van der Waals surface area contributed by atoms with E-state index < -0.39 is 38.9 Å². The Balaban J connectivity index is 1.15. The summed E-state index contributed by atoms with van der Waals surface area (Å²) in [5.41, 5.74) is 4.67. The number of non-ortho nitro benzene ring substituents is 2. The molecular weight excluding hydrogens is 676 g/mol. The summed E-state index contributed by atoms with van der Waals surface area (Å²) in [5, 5.41) is 22.7. The first-order chi connectivity index (χ1) is 25.6. The van der Waals surface area contributed by atoms with Gasteiger partial charge in [-0.25, -0.2) is 9.80 Å². The van der Waals surface area contributed by atoms with Gasteiger partial charge in [0, 0.05) is 24.3 Å². The molecule has 0 saturated heterocycles. The lowest BCUT2D eigenvalue weighted by Crippen LogP contribution is -2.31. The number of carbonyl (C=O) groups excluding carboxylic acids is 4. The Bertz CT molecular complexity index is 2480. The number of carbonyl (C=O) groups is 4. The van der Waals surface area contributed by atoms with E-state index in [1.165, 1.54) is 24.3 Å². The molecule has 9 rings (SSSR count). The average Bonchev–Trinajstić information content (AvgIpc) is 3.72. The predicted molar refractivity (Wildman–Crippen MR) is 192 cm³/mol. The maximum atomic E-state index is 13.4. The molecule has 0 bridgehead atoms. The van der Waals surface area contributed by atoms with E-state index in [1.807, 2.05) is 72.8 Å². The molecule has 3 aliphatic rings. The standard InChI is InChI=1S/C41H22N4O8/c46-37-31-19-17-27(44(50)51)21-33(31)39(48)42(37)25-13-9-23(10-14-25)41(35-7-3-1-5-29(35)30-6-2-4-8-36(30)41)24-11-15-26(16-12-24)43-38(47)32-20-18-28(45(52)53)22-34(32)40(43)49/h1-22H. The molecule has 0 N–H and O–H groups in total. The molecule has 0 aromatic heterocycles. The Kier molecular flexibility index (Phi) is 6.63. The second-order valence-electron chi connectivity index (χ2n) is 12.8. The maximum absolute atomic E-state index is 13.4. The van der Waals surface area contributed by atoms with Gasteiger partial charge in [-0.1, -0.05) is 72.8 Å². The van der Waals surface area contributed by atoms with E-state index >= 15 is 0 Å². The Labute approximate surface area is 299 Å². The van der Waals surface area contributed by atoms with Crippen molar-refractivity contribution in [2.24, 2.45) is 0 Å². The minimum absolute atomic E-state index is 0.0419. The summed E-state index contributed by atoms with van der Waals surface area (Å²) in [6.07, 6.45) is 0. The lowest BCUT2D eigenvalue weighted by Gasteiger charge is -2.34. The Morgan fingerprint density at radius 1 is 0.415 bits per heavy atom. The van der Waals surface area contributed by atoms with Crippen LogP contribution >= 0.6 is 0 Å². The summed E-state index contributed by atoms with van der Waals surface area (Å²) in [6, 6.07) is 37.2. The highest BCUT2D eigenvalue weighted by Gasteiger charge is 2.47. The summed E-state index contributed by atoms with van der Waals surface area (Å²) in [6.45, 7) is 0. The van der Waals surface area contributed by atoms with Gasteiger partial charge in [-0.3, -0.25) is 39.4 Å². The van der Waals surface area contributed by atoms with Gasteiger partial charge in [0.2, 0.25) is 0 Å². The number of benzene rings is 6. The Morgan fingerprint density at radius 3 is 1.15 bits per heavy atom. The van der Waals surface area contributed by atoms with E-state index in [-0.39, 0.29) is 33.6 Å². The van der Waals surface area contributed by atoms with Crippen LogP contribution in [0.15, 0.2) is 133 Å². The molecule has 53 heavy (non-hydrogen) atoms. The fourth-order valence-corrected chi connectivity index (χ4v) is 7.90. The number of rotatable bonds is 6. The highest BCUT2D eigenvalue weighted by Crippen LogP contribution is 2.56. The molecule has 12 nitrogen and oxygen atoms in total. The summed E-state index contributed by atoms with van der Waals surface area (Å²) in [4.78, 5) is 77.2. The van der Waals surface area contributed by atoms with Crippen LogP contribution in [0, 0.1) is 20.2 Å². The molecule has 0 unspecified atom stereocenters. The fraction of sp³-hybridized carbons (Fsp3) is 0.0244. The third kappa shape index (κ3) is 4.29. The van der Waals surface area contributed by atoms with Gasteiger partial charge in [0.05, 0.1) is 48.9 Å². The Hall–Kier alpha value is -7.60. The molecule has 4 amide bonds. The zero-order valence-corrected chi connectivity index (χ0v) is 27.3. The molecule has 0 radical (unpaired) electrons. The van der Waals surface area contributed by atoms with Crippen molar-refractivity contribution in [3.63, 3.8) is 0 Å². The first-order valence-corrected chi connectivity index (χ1v) is 16.4. The average molecular weight is 699 g/mol. The fourth-order valence-electron chi connectivity index (χ4n) is 7.90. The molecular formula is C41H22N4O8. The number of anilines is 2. The van der Waals surface area contributed by atoms with Gasteiger partial charge in [-0.05, 0) is 69.8 Å². The summed E-state index contributed by atoms with van der Waals surface area (Å²) in [7, 11) is 0. The molecule has 254 valence electrons. The summed E-state index contributed by atoms with van der Waals surface area (Å²) in [5.74, 6) is -2.49. The van der Waals surface area contributed by atoms with Crippen LogP contribution in [-0.2, 0) is 5.41 Å². The lowest BCUT2D eigenvalue weighted by molar-refractivity contribution is -0.385. The van der Waals surface area contributed by atoms with Gasteiger partial charge < -0.3 is 0 Å². The first-order valence-electron chi connectivity index (χ1n) is 16.4. The van der Waals surface area contributed by atoms with Gasteiger partial charge in [-0.15, -0.1) is 0 Å². The quantitative estimate of drug-likeness (QED) is 0.0982. The van der Waals surface area contributed by atoms with Crippen molar-refractivity contribution < 1.29 is 29.0 Å². The minimum Gasteiger partial charge on any atom is -0.268 e. The van der Waals surface area contributed by atoms with Gasteiger partial charge in [0.1, 0.15) is 0 Å². The maximum Gasteiger partial charge on any atom is 0.270 e. The minimum atomic E-state index is -0.921. The lowest BCUT2D eigenvalue weighted by atomic mass is 9.67. The van der Waals surface area contributed by atoms with Crippen LogP contribution in [0.2, 0.25) is 0 Å². The van der Waals surface area contributed by atoms with Crippen LogP contribution < -0.4 is 9.80 Å². The third-order valence-corrected chi connectivity index (χ3v) is 10.2. The van der Waals surface area contributed by atoms with E-state index in [2.05, 4.69) is 0 Å². The van der Waals surface area contributed by atoms with Crippen LogP contribution in [0.4, 0.5) is 22.7 Å². The highest BCUT2D eigenvalue weighted by molar-refractivity contribution is 6.35. The highest BCUT2D eigenvalue weighted by atomic mass is 16.6. The number of nitrogens with zero attached hydrogens (tertiary/aromatic N) is 4. The molecule has 1 aliphatic carbocycles. The summed E-state index contributed by atoms with van der Waals surface area (Å²) < 4.78 is 0. The largest absolute Gasteiger partial charge is 0.270 e. The summed E-state index contributed by atoms with van der Waals surface area (Å²) >= 11 is 0. The number of hydrogen-bond donors (Lipinski definition) is 0. The van der Waals surface area contributed by atoms with Crippen LogP contribution in [0.1, 0.15) is 63.7 Å². The van der Waals surface area contributed by atoms with Crippen molar-refractivity contribution in [3.8, 4) is 11.1 Å². The zero-order chi connectivity index (χ0) is 36.8. The molecule has 0 spiro atoms. The van der Waals surface area contributed by atoms with E-state index in [0.29, 0.717) is 11.4 Å². The van der Waals surface area contributed by atoms with Gasteiger partial charge in [-0.2, -0.15) is 0 Å². The van der Waals surface area contributed by atoms with Gasteiger partial charge >= 0.3 is 0 Å². The molecule has 12 heteroatoms.